The number of sulfonamides is 1. The number of imidazole rings is 1. The maximum atomic E-state index is 12.6. The van der Waals surface area contributed by atoms with Gasteiger partial charge in [0.05, 0.1) is 11.7 Å². The molecule has 0 atom stereocenters. The molecule has 0 bridgehead atoms. The molecule has 1 N–H and O–H groups in total. The molecule has 0 saturated carbocycles. The molecular formula is C16H18N4O2S. The van der Waals surface area contributed by atoms with Crippen LogP contribution in [0.25, 0.3) is 10.9 Å². The summed E-state index contributed by atoms with van der Waals surface area (Å²) in [7, 11) is -2.05. The van der Waals surface area contributed by atoms with Gasteiger partial charge in [0.15, 0.2) is 5.03 Å². The second-order valence-electron chi connectivity index (χ2n) is 5.30. The summed E-state index contributed by atoms with van der Waals surface area (Å²) < 4.78 is 26.6. The smallest absolute Gasteiger partial charge is 0.260 e. The first-order valence-electron chi connectivity index (χ1n) is 7.35. The highest BCUT2D eigenvalue weighted by Crippen LogP contribution is 2.20. The summed E-state index contributed by atoms with van der Waals surface area (Å²) in [6.07, 6.45) is 3.74. The summed E-state index contributed by atoms with van der Waals surface area (Å²) in [5, 5.41) is 1.11. The van der Waals surface area contributed by atoms with Crippen LogP contribution in [0.2, 0.25) is 0 Å². The standard InChI is InChI=1S/C16H18N4O2S/c1-3-14-18-10-15(19-14)23(21,22)20(2)11-13-7-4-6-12-8-5-9-17-16(12)13/h4-10H,3,11H2,1-2H3,(H,18,19). The van der Waals surface area contributed by atoms with Gasteiger partial charge in [-0.3, -0.25) is 4.98 Å². The number of aromatic amines is 1. The van der Waals surface area contributed by atoms with Gasteiger partial charge in [0.1, 0.15) is 5.82 Å². The number of nitrogens with one attached hydrogen (secondary N) is 1. The van der Waals surface area contributed by atoms with Crippen molar-refractivity contribution in [3.63, 3.8) is 0 Å². The number of para-hydroxylation sites is 1. The van der Waals surface area contributed by atoms with Crippen molar-refractivity contribution < 1.29 is 8.42 Å². The average molecular weight is 330 g/mol. The van der Waals surface area contributed by atoms with Crippen molar-refractivity contribution in [3.05, 3.63) is 54.1 Å². The van der Waals surface area contributed by atoms with Crippen molar-refractivity contribution >= 4 is 20.9 Å². The predicted molar refractivity (Wildman–Crippen MR) is 88.4 cm³/mol. The molecule has 2 aromatic heterocycles. The Kier molecular flexibility index (Phi) is 4.14. The number of hydrogen-bond acceptors (Lipinski definition) is 4. The molecular weight excluding hydrogens is 312 g/mol. The van der Waals surface area contributed by atoms with E-state index in [9.17, 15) is 8.42 Å². The summed E-state index contributed by atoms with van der Waals surface area (Å²) in [5.74, 6) is 0.656. The van der Waals surface area contributed by atoms with E-state index in [4.69, 9.17) is 0 Å². The number of aromatic nitrogens is 3. The van der Waals surface area contributed by atoms with Gasteiger partial charge < -0.3 is 4.98 Å². The highest BCUT2D eigenvalue weighted by Gasteiger charge is 2.23. The SMILES string of the molecule is CCc1ncc(S(=O)(=O)N(C)Cc2cccc3cccnc23)[nH]1. The van der Waals surface area contributed by atoms with E-state index in [1.165, 1.54) is 10.5 Å². The second-order valence-corrected chi connectivity index (χ2v) is 7.31. The normalized spacial score (nSPS) is 12.1. The fourth-order valence-electron chi connectivity index (χ4n) is 2.44. The molecule has 2 heterocycles. The number of H-pyrrole nitrogens is 1. The molecule has 120 valence electrons. The van der Waals surface area contributed by atoms with E-state index in [2.05, 4.69) is 15.0 Å². The zero-order valence-electron chi connectivity index (χ0n) is 13.0. The molecule has 0 aliphatic heterocycles. The first kappa shape index (κ1) is 15.6. The minimum absolute atomic E-state index is 0.116. The van der Waals surface area contributed by atoms with Gasteiger partial charge >= 0.3 is 0 Å². The number of aryl methyl sites for hydroxylation is 1. The first-order valence-corrected chi connectivity index (χ1v) is 8.79. The molecule has 0 radical (unpaired) electrons. The van der Waals surface area contributed by atoms with Crippen LogP contribution in [-0.4, -0.2) is 34.7 Å². The van der Waals surface area contributed by atoms with Crippen LogP contribution in [0.1, 0.15) is 18.3 Å². The molecule has 3 aromatic rings. The van der Waals surface area contributed by atoms with Crippen molar-refractivity contribution in [1.29, 1.82) is 0 Å². The minimum atomic E-state index is -3.61. The zero-order valence-corrected chi connectivity index (χ0v) is 13.8. The molecule has 0 aliphatic rings. The lowest BCUT2D eigenvalue weighted by atomic mass is 10.1. The first-order chi connectivity index (χ1) is 11.0. The van der Waals surface area contributed by atoms with Gasteiger partial charge in [-0.05, 0) is 11.6 Å². The Balaban J connectivity index is 1.92. The fourth-order valence-corrected chi connectivity index (χ4v) is 3.52. The Morgan fingerprint density at radius 1 is 1.17 bits per heavy atom. The van der Waals surface area contributed by atoms with Gasteiger partial charge in [-0.25, -0.2) is 13.4 Å². The van der Waals surface area contributed by atoms with E-state index < -0.39 is 10.0 Å². The molecule has 0 amide bonds. The van der Waals surface area contributed by atoms with Crippen LogP contribution >= 0.6 is 0 Å². The van der Waals surface area contributed by atoms with Gasteiger partial charge in [0.25, 0.3) is 10.0 Å². The molecule has 0 spiro atoms. The highest BCUT2D eigenvalue weighted by molar-refractivity contribution is 7.89. The summed E-state index contributed by atoms with van der Waals surface area (Å²) in [6.45, 7) is 2.16. The Bertz CT molecular complexity index is 929. The van der Waals surface area contributed by atoms with Crippen molar-refractivity contribution in [2.75, 3.05) is 7.05 Å². The van der Waals surface area contributed by atoms with E-state index in [-0.39, 0.29) is 11.6 Å². The van der Waals surface area contributed by atoms with Crippen LogP contribution < -0.4 is 0 Å². The maximum Gasteiger partial charge on any atom is 0.260 e. The lowest BCUT2D eigenvalue weighted by molar-refractivity contribution is 0.465. The average Bonchev–Trinajstić information content (AvgIpc) is 3.05. The predicted octanol–water partition coefficient (Wildman–Crippen LogP) is 2.34. The van der Waals surface area contributed by atoms with Crippen molar-refractivity contribution in [2.24, 2.45) is 0 Å². The molecule has 23 heavy (non-hydrogen) atoms. The van der Waals surface area contributed by atoms with E-state index in [0.717, 1.165) is 16.5 Å². The minimum Gasteiger partial charge on any atom is -0.332 e. The van der Waals surface area contributed by atoms with Crippen LogP contribution in [0.4, 0.5) is 0 Å². The van der Waals surface area contributed by atoms with Gasteiger partial charge in [-0.1, -0.05) is 31.2 Å². The molecule has 0 saturated heterocycles. The van der Waals surface area contributed by atoms with Crippen molar-refractivity contribution in [1.82, 2.24) is 19.3 Å². The van der Waals surface area contributed by atoms with Crippen LogP contribution in [0.5, 0.6) is 0 Å². The van der Waals surface area contributed by atoms with Gasteiger partial charge in [0, 0.05) is 31.6 Å². The lowest BCUT2D eigenvalue weighted by Crippen LogP contribution is -2.27. The highest BCUT2D eigenvalue weighted by atomic mass is 32.2. The molecule has 0 unspecified atom stereocenters. The molecule has 3 rings (SSSR count). The molecule has 1 aromatic carbocycles. The van der Waals surface area contributed by atoms with Crippen LogP contribution in [0.15, 0.2) is 47.8 Å². The number of pyridine rings is 1. The quantitative estimate of drug-likeness (QED) is 0.779. The van der Waals surface area contributed by atoms with Gasteiger partial charge in [0.2, 0.25) is 0 Å². The summed E-state index contributed by atoms with van der Waals surface area (Å²) in [4.78, 5) is 11.3. The summed E-state index contributed by atoms with van der Waals surface area (Å²) >= 11 is 0. The van der Waals surface area contributed by atoms with E-state index in [1.54, 1.807) is 13.2 Å². The Hall–Kier alpha value is -2.25. The zero-order chi connectivity index (χ0) is 16.4. The summed E-state index contributed by atoms with van der Waals surface area (Å²) in [5.41, 5.74) is 1.68. The Labute approximate surface area is 135 Å². The number of nitrogens with zero attached hydrogens (tertiary/aromatic N) is 3. The van der Waals surface area contributed by atoms with E-state index in [1.807, 2.05) is 37.3 Å². The van der Waals surface area contributed by atoms with Crippen LogP contribution in [-0.2, 0) is 23.0 Å². The third-order valence-electron chi connectivity index (χ3n) is 3.74. The molecule has 6 nitrogen and oxygen atoms in total. The van der Waals surface area contributed by atoms with E-state index in [0.29, 0.717) is 12.2 Å². The van der Waals surface area contributed by atoms with E-state index >= 15 is 0 Å². The Morgan fingerprint density at radius 2 is 1.96 bits per heavy atom. The van der Waals surface area contributed by atoms with Gasteiger partial charge in [-0.2, -0.15) is 4.31 Å². The van der Waals surface area contributed by atoms with Gasteiger partial charge in [-0.15, -0.1) is 0 Å². The summed E-state index contributed by atoms with van der Waals surface area (Å²) in [6, 6.07) is 9.59. The molecule has 7 heteroatoms. The third kappa shape index (κ3) is 2.97. The molecule has 0 aliphatic carbocycles. The number of hydrogen-bond donors (Lipinski definition) is 1. The number of fused-ring (bicyclic) bond motifs is 1. The topological polar surface area (TPSA) is 79.0 Å². The third-order valence-corrected chi connectivity index (χ3v) is 5.45. The second kappa shape index (κ2) is 6.10. The van der Waals surface area contributed by atoms with Crippen molar-refractivity contribution in [3.8, 4) is 0 Å². The lowest BCUT2D eigenvalue weighted by Gasteiger charge is -2.16. The van der Waals surface area contributed by atoms with Crippen LogP contribution in [0.3, 0.4) is 0 Å². The number of rotatable bonds is 5. The van der Waals surface area contributed by atoms with Crippen LogP contribution in [0, 0.1) is 0 Å². The Morgan fingerprint density at radius 3 is 2.70 bits per heavy atom. The monoisotopic (exact) mass is 330 g/mol. The maximum absolute atomic E-state index is 12.6. The van der Waals surface area contributed by atoms with Crippen molar-refractivity contribution in [2.45, 2.75) is 24.9 Å². The largest absolute Gasteiger partial charge is 0.332 e. The fraction of sp³-hybridized carbons (Fsp3) is 0.250. The number of benzene rings is 1. The molecule has 0 fully saturated rings.